The van der Waals surface area contributed by atoms with Gasteiger partial charge in [-0.3, -0.25) is 4.79 Å². The molecular weight excluding hydrogens is 398 g/mol. The summed E-state index contributed by atoms with van der Waals surface area (Å²) in [6, 6.07) is 15.4. The molecule has 0 saturated heterocycles. The molecule has 2 aromatic rings. The molecule has 0 aromatic heterocycles. The van der Waals surface area contributed by atoms with Crippen LogP contribution in [0.4, 0.5) is 0 Å². The van der Waals surface area contributed by atoms with Crippen molar-refractivity contribution < 1.29 is 14.3 Å². The van der Waals surface area contributed by atoms with Gasteiger partial charge in [-0.1, -0.05) is 59.6 Å². The Morgan fingerprint density at radius 2 is 1.73 bits per heavy atom. The number of carbonyl (C=O) groups excluding carboxylic acids is 2. The standard InChI is InChI=1S/C25H28ClNO3/c1-16-10-12-18(13-11-16)15-27-17(2)23(24(29)30-25(3,4)5)20(14-22(27)28)19-8-6-7-9-21(19)26/h6-13,20H,14-15H2,1-5H3/t20-/m0/s1. The van der Waals surface area contributed by atoms with Gasteiger partial charge in [0.25, 0.3) is 0 Å². The number of ether oxygens (including phenoxy) is 1. The summed E-state index contributed by atoms with van der Waals surface area (Å²) in [4.78, 5) is 28.0. The van der Waals surface area contributed by atoms with Crippen LogP contribution in [0.15, 0.2) is 59.8 Å². The smallest absolute Gasteiger partial charge is 0.336 e. The van der Waals surface area contributed by atoms with E-state index in [0.29, 0.717) is 22.8 Å². The van der Waals surface area contributed by atoms with Crippen molar-refractivity contribution in [3.8, 4) is 0 Å². The van der Waals surface area contributed by atoms with E-state index in [4.69, 9.17) is 16.3 Å². The Hall–Kier alpha value is -2.59. The van der Waals surface area contributed by atoms with Crippen LogP contribution < -0.4 is 0 Å². The van der Waals surface area contributed by atoms with E-state index in [1.165, 1.54) is 0 Å². The third kappa shape index (κ3) is 4.93. The van der Waals surface area contributed by atoms with Gasteiger partial charge in [-0.15, -0.1) is 0 Å². The maximum atomic E-state index is 13.2. The normalized spacial score (nSPS) is 17.3. The van der Waals surface area contributed by atoms with E-state index in [9.17, 15) is 9.59 Å². The van der Waals surface area contributed by atoms with Crippen LogP contribution >= 0.6 is 11.6 Å². The first kappa shape index (κ1) is 22.1. The van der Waals surface area contributed by atoms with E-state index in [1.807, 2.05) is 77.1 Å². The van der Waals surface area contributed by atoms with Crippen molar-refractivity contribution in [1.29, 1.82) is 0 Å². The van der Waals surface area contributed by atoms with Gasteiger partial charge in [-0.2, -0.15) is 0 Å². The van der Waals surface area contributed by atoms with Crippen molar-refractivity contribution in [1.82, 2.24) is 4.90 Å². The zero-order valence-corrected chi connectivity index (χ0v) is 18.9. The van der Waals surface area contributed by atoms with E-state index in [-0.39, 0.29) is 12.3 Å². The number of benzene rings is 2. The highest BCUT2D eigenvalue weighted by molar-refractivity contribution is 6.31. The molecule has 2 aromatic carbocycles. The van der Waals surface area contributed by atoms with Crippen LogP contribution in [0.5, 0.6) is 0 Å². The molecule has 158 valence electrons. The summed E-state index contributed by atoms with van der Waals surface area (Å²) in [5.74, 6) is -0.882. The number of aryl methyl sites for hydroxylation is 1. The third-order valence-corrected chi connectivity index (χ3v) is 5.53. The topological polar surface area (TPSA) is 46.6 Å². The molecule has 1 heterocycles. The summed E-state index contributed by atoms with van der Waals surface area (Å²) in [6.07, 6.45) is 0.168. The Morgan fingerprint density at radius 1 is 1.10 bits per heavy atom. The first-order valence-corrected chi connectivity index (χ1v) is 10.5. The summed E-state index contributed by atoms with van der Waals surface area (Å²) in [5.41, 5.74) is 3.40. The highest BCUT2D eigenvalue weighted by atomic mass is 35.5. The second-order valence-electron chi connectivity index (χ2n) is 8.74. The van der Waals surface area contributed by atoms with Crippen molar-refractivity contribution in [3.63, 3.8) is 0 Å². The summed E-state index contributed by atoms with van der Waals surface area (Å²) in [7, 11) is 0. The first-order valence-electron chi connectivity index (χ1n) is 10.1. The van der Waals surface area contributed by atoms with Crippen LogP contribution in [-0.4, -0.2) is 22.4 Å². The summed E-state index contributed by atoms with van der Waals surface area (Å²) < 4.78 is 5.71. The summed E-state index contributed by atoms with van der Waals surface area (Å²) >= 11 is 6.44. The highest BCUT2D eigenvalue weighted by Crippen LogP contribution is 2.40. The van der Waals surface area contributed by atoms with Crippen molar-refractivity contribution in [2.24, 2.45) is 0 Å². The Kier molecular flexibility index (Phi) is 6.37. The molecule has 3 rings (SSSR count). The predicted octanol–water partition coefficient (Wildman–Crippen LogP) is 5.78. The summed E-state index contributed by atoms with van der Waals surface area (Å²) in [5, 5.41) is 0.538. The number of allylic oxidation sites excluding steroid dienone is 1. The van der Waals surface area contributed by atoms with Gasteiger partial charge in [0, 0.05) is 23.1 Å². The largest absolute Gasteiger partial charge is 0.457 e. The number of rotatable bonds is 4. The molecule has 0 aliphatic carbocycles. The molecule has 0 spiro atoms. The Balaban J connectivity index is 2.06. The molecule has 0 fully saturated rings. The molecule has 1 aliphatic rings. The van der Waals surface area contributed by atoms with E-state index in [2.05, 4.69) is 0 Å². The van der Waals surface area contributed by atoms with Gasteiger partial charge in [-0.25, -0.2) is 4.79 Å². The number of carbonyl (C=O) groups is 2. The molecule has 1 atom stereocenters. The molecule has 1 aliphatic heterocycles. The average Bonchev–Trinajstić information content (AvgIpc) is 2.65. The van der Waals surface area contributed by atoms with Gasteiger partial charge < -0.3 is 9.64 Å². The molecule has 1 amide bonds. The average molecular weight is 426 g/mol. The van der Waals surface area contributed by atoms with E-state index < -0.39 is 17.5 Å². The lowest BCUT2D eigenvalue weighted by atomic mass is 9.83. The monoisotopic (exact) mass is 425 g/mol. The van der Waals surface area contributed by atoms with Crippen molar-refractivity contribution in [3.05, 3.63) is 81.5 Å². The predicted molar refractivity (Wildman–Crippen MR) is 119 cm³/mol. The van der Waals surface area contributed by atoms with Crippen LogP contribution in [0.2, 0.25) is 5.02 Å². The summed E-state index contributed by atoms with van der Waals surface area (Å²) in [6.45, 7) is 9.76. The fourth-order valence-corrected chi connectivity index (χ4v) is 3.97. The van der Waals surface area contributed by atoms with Crippen LogP contribution in [0, 0.1) is 6.92 Å². The van der Waals surface area contributed by atoms with E-state index in [1.54, 1.807) is 11.0 Å². The molecular formula is C25H28ClNO3. The molecule has 5 heteroatoms. The van der Waals surface area contributed by atoms with Crippen molar-refractivity contribution in [2.45, 2.75) is 59.1 Å². The highest BCUT2D eigenvalue weighted by Gasteiger charge is 2.38. The van der Waals surface area contributed by atoms with Gasteiger partial charge in [0.15, 0.2) is 0 Å². The van der Waals surface area contributed by atoms with Crippen LogP contribution in [-0.2, 0) is 20.9 Å². The molecule has 0 radical (unpaired) electrons. The van der Waals surface area contributed by atoms with Gasteiger partial charge in [0.05, 0.1) is 12.1 Å². The number of hydrogen-bond acceptors (Lipinski definition) is 3. The molecule has 0 bridgehead atoms. The zero-order chi connectivity index (χ0) is 22.1. The van der Waals surface area contributed by atoms with Crippen LogP contribution in [0.25, 0.3) is 0 Å². The van der Waals surface area contributed by atoms with Crippen molar-refractivity contribution in [2.75, 3.05) is 0 Å². The number of amides is 1. The van der Waals surface area contributed by atoms with E-state index in [0.717, 1.165) is 16.7 Å². The number of hydrogen-bond donors (Lipinski definition) is 0. The van der Waals surface area contributed by atoms with Crippen molar-refractivity contribution >= 4 is 23.5 Å². The minimum Gasteiger partial charge on any atom is -0.457 e. The second kappa shape index (κ2) is 8.65. The van der Waals surface area contributed by atoms with Gasteiger partial charge >= 0.3 is 5.97 Å². The quantitative estimate of drug-likeness (QED) is 0.583. The minimum atomic E-state index is -0.640. The number of nitrogens with zero attached hydrogens (tertiary/aromatic N) is 1. The third-order valence-electron chi connectivity index (χ3n) is 5.18. The molecule has 30 heavy (non-hydrogen) atoms. The molecule has 0 N–H and O–H groups in total. The Morgan fingerprint density at radius 3 is 2.33 bits per heavy atom. The Labute approximate surface area is 183 Å². The lowest BCUT2D eigenvalue weighted by Crippen LogP contribution is -2.39. The van der Waals surface area contributed by atoms with E-state index >= 15 is 0 Å². The molecule has 0 saturated carbocycles. The maximum absolute atomic E-state index is 13.2. The minimum absolute atomic E-state index is 0.0368. The fraction of sp³-hybridized carbons (Fsp3) is 0.360. The fourth-order valence-electron chi connectivity index (χ4n) is 3.70. The van der Waals surface area contributed by atoms with Crippen LogP contribution in [0.3, 0.4) is 0 Å². The van der Waals surface area contributed by atoms with Gasteiger partial charge in [0.2, 0.25) is 5.91 Å². The van der Waals surface area contributed by atoms with Gasteiger partial charge in [0.1, 0.15) is 5.60 Å². The lowest BCUT2D eigenvalue weighted by molar-refractivity contribution is -0.150. The molecule has 0 unspecified atom stereocenters. The second-order valence-corrected chi connectivity index (χ2v) is 9.15. The first-order chi connectivity index (χ1) is 14.1. The maximum Gasteiger partial charge on any atom is 0.336 e. The SMILES string of the molecule is CC1=C(C(=O)OC(C)(C)C)[C@H](c2ccccc2Cl)CC(=O)N1Cc1ccc(C)cc1. The molecule has 4 nitrogen and oxygen atoms in total. The number of esters is 1. The zero-order valence-electron chi connectivity index (χ0n) is 18.2. The van der Waals surface area contributed by atoms with Gasteiger partial charge in [-0.05, 0) is 51.8 Å². The van der Waals surface area contributed by atoms with Crippen LogP contribution in [0.1, 0.15) is 56.7 Å². The Bertz CT molecular complexity index is 986. The number of halogens is 1. The lowest BCUT2D eigenvalue weighted by Gasteiger charge is -2.35.